The van der Waals surface area contributed by atoms with Crippen molar-refractivity contribution in [3.63, 3.8) is 0 Å². The number of aromatic nitrogens is 1. The predicted molar refractivity (Wildman–Crippen MR) is 84.2 cm³/mol. The van der Waals surface area contributed by atoms with E-state index in [1.54, 1.807) is 28.6 Å². The first kappa shape index (κ1) is 15.2. The lowest BCUT2D eigenvalue weighted by molar-refractivity contribution is 0.354. The second-order valence-corrected chi connectivity index (χ2v) is 7.37. The summed E-state index contributed by atoms with van der Waals surface area (Å²) in [7, 11) is -3.62. The van der Waals surface area contributed by atoms with Crippen molar-refractivity contribution in [3.8, 4) is 5.88 Å². The highest BCUT2D eigenvalue weighted by Crippen LogP contribution is 2.30. The molecule has 22 heavy (non-hydrogen) atoms. The summed E-state index contributed by atoms with van der Waals surface area (Å²) in [6, 6.07) is 6.41. The van der Waals surface area contributed by atoms with Gasteiger partial charge in [0, 0.05) is 36.1 Å². The lowest BCUT2D eigenvalue weighted by atomic mass is 10.2. The first-order chi connectivity index (χ1) is 10.5. The number of pyridine rings is 1. The molecule has 1 fully saturated rings. The lowest BCUT2D eigenvalue weighted by Gasteiger charge is -2.26. The van der Waals surface area contributed by atoms with E-state index in [-0.39, 0.29) is 16.8 Å². The van der Waals surface area contributed by atoms with Crippen LogP contribution in [0.1, 0.15) is 13.3 Å². The molecule has 1 aromatic heterocycles. The Kier molecular flexibility index (Phi) is 4.03. The molecule has 0 aliphatic carbocycles. The van der Waals surface area contributed by atoms with Crippen molar-refractivity contribution in [1.82, 2.24) is 14.6 Å². The SMILES string of the molecule is C[C@@H]1CNCCCN1S(=O)(=O)c1cccc2c(O)nccc12. The maximum absolute atomic E-state index is 13.1. The first-order valence-corrected chi connectivity index (χ1v) is 8.75. The van der Waals surface area contributed by atoms with Gasteiger partial charge in [-0.1, -0.05) is 6.07 Å². The van der Waals surface area contributed by atoms with Crippen molar-refractivity contribution in [2.45, 2.75) is 24.3 Å². The summed E-state index contributed by atoms with van der Waals surface area (Å²) in [5, 5.41) is 14.0. The number of nitrogens with zero attached hydrogens (tertiary/aromatic N) is 2. The van der Waals surface area contributed by atoms with Crippen LogP contribution < -0.4 is 5.32 Å². The van der Waals surface area contributed by atoms with Crippen LogP contribution in [0.3, 0.4) is 0 Å². The fraction of sp³-hybridized carbons (Fsp3) is 0.400. The van der Waals surface area contributed by atoms with Crippen molar-refractivity contribution in [1.29, 1.82) is 0 Å². The van der Waals surface area contributed by atoms with Crippen molar-refractivity contribution in [2.75, 3.05) is 19.6 Å². The summed E-state index contributed by atoms with van der Waals surface area (Å²) in [5.74, 6) is -0.153. The van der Waals surface area contributed by atoms with E-state index in [4.69, 9.17) is 0 Å². The fourth-order valence-electron chi connectivity index (χ4n) is 2.86. The summed E-state index contributed by atoms with van der Waals surface area (Å²) in [5.41, 5.74) is 0. The third-order valence-electron chi connectivity index (χ3n) is 4.00. The van der Waals surface area contributed by atoms with Crippen molar-refractivity contribution in [2.24, 2.45) is 0 Å². The molecule has 0 bridgehead atoms. The average Bonchev–Trinajstić information content (AvgIpc) is 2.72. The molecule has 2 heterocycles. The minimum absolute atomic E-state index is 0.113. The molecule has 118 valence electrons. The molecule has 1 aliphatic heterocycles. The largest absolute Gasteiger partial charge is 0.493 e. The van der Waals surface area contributed by atoms with Gasteiger partial charge in [-0.2, -0.15) is 4.31 Å². The number of hydrogen-bond acceptors (Lipinski definition) is 5. The molecule has 2 N–H and O–H groups in total. The number of fused-ring (bicyclic) bond motifs is 1. The molecule has 1 aromatic carbocycles. The summed E-state index contributed by atoms with van der Waals surface area (Å²) >= 11 is 0. The van der Waals surface area contributed by atoms with Gasteiger partial charge in [-0.15, -0.1) is 0 Å². The Morgan fingerprint density at radius 2 is 2.14 bits per heavy atom. The number of aromatic hydroxyl groups is 1. The highest BCUT2D eigenvalue weighted by Gasteiger charge is 2.31. The number of rotatable bonds is 2. The zero-order valence-corrected chi connectivity index (χ0v) is 13.2. The Hall–Kier alpha value is -1.70. The monoisotopic (exact) mass is 321 g/mol. The van der Waals surface area contributed by atoms with Crippen LogP contribution in [0.2, 0.25) is 0 Å². The maximum atomic E-state index is 13.1. The van der Waals surface area contributed by atoms with E-state index in [1.807, 2.05) is 6.92 Å². The summed E-state index contributed by atoms with van der Waals surface area (Å²) in [6.45, 7) is 3.84. The van der Waals surface area contributed by atoms with E-state index >= 15 is 0 Å². The normalized spacial score (nSPS) is 20.9. The quantitative estimate of drug-likeness (QED) is 0.871. The highest BCUT2D eigenvalue weighted by molar-refractivity contribution is 7.89. The molecule has 0 spiro atoms. The second kappa shape index (κ2) is 5.83. The third-order valence-corrected chi connectivity index (χ3v) is 6.07. The smallest absolute Gasteiger partial charge is 0.243 e. The van der Waals surface area contributed by atoms with Gasteiger partial charge in [0.1, 0.15) is 0 Å². The van der Waals surface area contributed by atoms with Gasteiger partial charge in [-0.05, 0) is 38.1 Å². The number of sulfonamides is 1. The molecule has 1 saturated heterocycles. The van der Waals surface area contributed by atoms with Crippen LogP contribution in [0, 0.1) is 0 Å². The van der Waals surface area contributed by atoms with Crippen LogP contribution in [-0.2, 0) is 10.0 Å². The van der Waals surface area contributed by atoms with Gasteiger partial charge in [0.2, 0.25) is 15.9 Å². The zero-order valence-electron chi connectivity index (χ0n) is 12.4. The Bertz CT molecular complexity index is 792. The molecule has 7 heteroatoms. The highest BCUT2D eigenvalue weighted by atomic mass is 32.2. The van der Waals surface area contributed by atoms with E-state index in [0.29, 0.717) is 23.9 Å². The molecular weight excluding hydrogens is 302 g/mol. The van der Waals surface area contributed by atoms with E-state index < -0.39 is 10.0 Å². The summed E-state index contributed by atoms with van der Waals surface area (Å²) < 4.78 is 27.7. The molecule has 1 aliphatic rings. The van der Waals surface area contributed by atoms with Gasteiger partial charge >= 0.3 is 0 Å². The predicted octanol–water partition coefficient (Wildman–Crippen LogP) is 1.31. The Morgan fingerprint density at radius 3 is 2.95 bits per heavy atom. The van der Waals surface area contributed by atoms with Crippen LogP contribution in [0.5, 0.6) is 5.88 Å². The molecule has 0 unspecified atom stereocenters. The molecule has 3 rings (SSSR count). The van der Waals surface area contributed by atoms with Gasteiger partial charge in [0.25, 0.3) is 0 Å². The molecular formula is C15H19N3O3S. The summed E-state index contributed by atoms with van der Waals surface area (Å²) in [4.78, 5) is 4.03. The van der Waals surface area contributed by atoms with Crippen LogP contribution in [0.4, 0.5) is 0 Å². The molecule has 0 saturated carbocycles. The summed E-state index contributed by atoms with van der Waals surface area (Å²) in [6.07, 6.45) is 2.20. The van der Waals surface area contributed by atoms with Gasteiger partial charge < -0.3 is 10.4 Å². The molecule has 0 radical (unpaired) electrons. The maximum Gasteiger partial charge on any atom is 0.243 e. The fourth-order valence-corrected chi connectivity index (χ4v) is 4.74. The topological polar surface area (TPSA) is 82.5 Å². The Morgan fingerprint density at radius 1 is 1.32 bits per heavy atom. The van der Waals surface area contributed by atoms with E-state index in [9.17, 15) is 13.5 Å². The molecule has 6 nitrogen and oxygen atoms in total. The van der Waals surface area contributed by atoms with Crippen LogP contribution >= 0.6 is 0 Å². The van der Waals surface area contributed by atoms with Gasteiger partial charge in [-0.25, -0.2) is 13.4 Å². The first-order valence-electron chi connectivity index (χ1n) is 7.31. The lowest BCUT2D eigenvalue weighted by Crippen LogP contribution is -2.41. The van der Waals surface area contributed by atoms with Crippen LogP contribution in [0.25, 0.3) is 10.8 Å². The van der Waals surface area contributed by atoms with E-state index in [1.165, 1.54) is 6.20 Å². The Balaban J connectivity index is 2.15. The van der Waals surface area contributed by atoms with Gasteiger partial charge in [-0.3, -0.25) is 0 Å². The van der Waals surface area contributed by atoms with Crippen LogP contribution in [-0.4, -0.2) is 48.5 Å². The van der Waals surface area contributed by atoms with Crippen molar-refractivity contribution in [3.05, 3.63) is 30.5 Å². The average molecular weight is 321 g/mol. The van der Waals surface area contributed by atoms with Crippen molar-refractivity contribution >= 4 is 20.8 Å². The number of nitrogens with one attached hydrogen (secondary N) is 1. The minimum atomic E-state index is -3.62. The molecule has 2 aromatic rings. The second-order valence-electron chi connectivity index (χ2n) is 5.51. The number of hydrogen-bond donors (Lipinski definition) is 2. The standard InChI is InChI=1S/C15H19N3O3S/c1-11-10-16-7-3-9-18(11)22(20,21)14-5-2-4-13-12(14)6-8-17-15(13)19/h2,4-6,8,11,16H,3,7,9-10H2,1H3,(H,17,19)/t11-/m1/s1. The van der Waals surface area contributed by atoms with E-state index in [0.717, 1.165) is 13.0 Å². The van der Waals surface area contributed by atoms with E-state index in [2.05, 4.69) is 10.3 Å². The number of benzene rings is 1. The molecule has 0 amide bonds. The third kappa shape index (κ3) is 2.55. The van der Waals surface area contributed by atoms with Crippen molar-refractivity contribution < 1.29 is 13.5 Å². The minimum Gasteiger partial charge on any atom is -0.493 e. The molecule has 1 atom stereocenters. The van der Waals surface area contributed by atoms with Crippen LogP contribution in [0.15, 0.2) is 35.4 Å². The van der Waals surface area contributed by atoms with Gasteiger partial charge in [0.15, 0.2) is 0 Å². The Labute approximate surface area is 129 Å². The van der Waals surface area contributed by atoms with Gasteiger partial charge in [0.05, 0.1) is 4.90 Å². The zero-order chi connectivity index (χ0) is 15.7.